The molecule has 2 saturated heterocycles. The summed E-state index contributed by atoms with van der Waals surface area (Å²) in [6.07, 6.45) is -3.02. The number of sulfone groups is 1. The number of nitrogens with one attached hydrogen (secondary N) is 1. The molecule has 0 spiro atoms. The van der Waals surface area contributed by atoms with E-state index >= 15 is 0 Å². The first-order valence-corrected chi connectivity index (χ1v) is 10.7. The van der Waals surface area contributed by atoms with Crippen LogP contribution in [0.4, 0.5) is 13.2 Å². The molecule has 2 heterocycles. The molecule has 148 valence electrons. The van der Waals surface area contributed by atoms with E-state index in [1.54, 1.807) is 0 Å². The van der Waals surface area contributed by atoms with Gasteiger partial charge in [0, 0.05) is 25.0 Å². The maximum atomic E-state index is 12.9. The van der Waals surface area contributed by atoms with Gasteiger partial charge in [0.25, 0.3) is 0 Å². The minimum atomic E-state index is -4.25. The van der Waals surface area contributed by atoms with Gasteiger partial charge in [-0.25, -0.2) is 8.42 Å². The van der Waals surface area contributed by atoms with Crippen LogP contribution in [0.25, 0.3) is 0 Å². The Kier molecular flexibility index (Phi) is 5.24. The van der Waals surface area contributed by atoms with Crippen LogP contribution in [0, 0.1) is 11.8 Å². The summed E-state index contributed by atoms with van der Waals surface area (Å²) in [4.78, 5) is 26.0. The lowest BCUT2D eigenvalue weighted by atomic mass is 9.85. The molecule has 4 unspecified atom stereocenters. The third kappa shape index (κ3) is 4.32. The van der Waals surface area contributed by atoms with E-state index in [9.17, 15) is 31.2 Å². The molecule has 10 heteroatoms. The van der Waals surface area contributed by atoms with Crippen molar-refractivity contribution >= 4 is 21.7 Å². The first kappa shape index (κ1) is 19.4. The molecule has 2 amide bonds. The predicted molar refractivity (Wildman–Crippen MR) is 86.8 cm³/mol. The summed E-state index contributed by atoms with van der Waals surface area (Å²) in [6.45, 7) is 0.139. The number of hydrogen-bond donors (Lipinski definition) is 1. The van der Waals surface area contributed by atoms with Gasteiger partial charge in [0.2, 0.25) is 11.8 Å². The van der Waals surface area contributed by atoms with Gasteiger partial charge in [0.15, 0.2) is 9.84 Å². The van der Waals surface area contributed by atoms with Crippen molar-refractivity contribution in [1.29, 1.82) is 0 Å². The average Bonchev–Trinajstić information content (AvgIpc) is 3.09. The van der Waals surface area contributed by atoms with E-state index in [1.807, 2.05) is 0 Å². The summed E-state index contributed by atoms with van der Waals surface area (Å²) < 4.78 is 61.8. The van der Waals surface area contributed by atoms with Crippen molar-refractivity contribution < 1.29 is 31.2 Å². The molecule has 1 saturated carbocycles. The van der Waals surface area contributed by atoms with Crippen molar-refractivity contribution in [2.75, 3.05) is 18.1 Å². The van der Waals surface area contributed by atoms with Gasteiger partial charge in [-0.1, -0.05) is 6.42 Å². The second-order valence-corrected chi connectivity index (χ2v) is 9.84. The summed E-state index contributed by atoms with van der Waals surface area (Å²) >= 11 is 0. The molecule has 6 nitrogen and oxygen atoms in total. The standard InChI is InChI=1S/C16H23F3N2O4S/c17-16(18,19)11-2-1-3-12(7-11)20-15(23)10-6-14(22)21(8-10)13-4-5-26(24,25)9-13/h10-13H,1-9H2,(H,20,23). The number of nitrogens with zero attached hydrogens (tertiary/aromatic N) is 1. The molecular formula is C16H23F3N2O4S. The topological polar surface area (TPSA) is 83.6 Å². The normalized spacial score (nSPS) is 34.9. The average molecular weight is 396 g/mol. The highest BCUT2D eigenvalue weighted by Gasteiger charge is 2.44. The Bertz CT molecular complexity index is 679. The summed E-state index contributed by atoms with van der Waals surface area (Å²) in [6, 6.07) is -0.923. The lowest BCUT2D eigenvalue weighted by molar-refractivity contribution is -0.184. The molecule has 2 aliphatic heterocycles. The molecule has 0 aromatic rings. The Morgan fingerprint density at radius 3 is 2.54 bits per heavy atom. The Morgan fingerprint density at radius 1 is 1.19 bits per heavy atom. The van der Waals surface area contributed by atoms with Crippen LogP contribution in [0.1, 0.15) is 38.5 Å². The molecule has 3 aliphatic rings. The molecule has 0 aromatic heterocycles. The molecular weight excluding hydrogens is 373 g/mol. The Labute approximate surface area is 150 Å². The SMILES string of the molecule is O=C(NC1CCCC(C(F)(F)F)C1)C1CC(=O)N(C2CCS(=O)(=O)C2)C1. The molecule has 3 rings (SSSR count). The van der Waals surface area contributed by atoms with Crippen LogP contribution in [-0.4, -0.2) is 61.4 Å². The quantitative estimate of drug-likeness (QED) is 0.779. The summed E-state index contributed by atoms with van der Waals surface area (Å²) in [7, 11) is -3.14. The fourth-order valence-corrected chi connectivity index (χ4v) is 5.95. The third-order valence-corrected chi connectivity index (χ3v) is 7.41. The van der Waals surface area contributed by atoms with Crippen LogP contribution in [0.15, 0.2) is 0 Å². The highest BCUT2D eigenvalue weighted by Crippen LogP contribution is 2.37. The van der Waals surface area contributed by atoms with Gasteiger partial charge in [-0.3, -0.25) is 9.59 Å². The monoisotopic (exact) mass is 396 g/mol. The molecule has 0 radical (unpaired) electrons. The van der Waals surface area contributed by atoms with E-state index in [1.165, 1.54) is 4.90 Å². The van der Waals surface area contributed by atoms with Crippen molar-refractivity contribution in [3.05, 3.63) is 0 Å². The number of halogens is 3. The van der Waals surface area contributed by atoms with E-state index < -0.39 is 45.8 Å². The lowest BCUT2D eigenvalue weighted by Crippen LogP contribution is -2.44. The number of amides is 2. The van der Waals surface area contributed by atoms with Crippen molar-refractivity contribution in [3.8, 4) is 0 Å². The van der Waals surface area contributed by atoms with E-state index in [0.29, 0.717) is 19.3 Å². The van der Waals surface area contributed by atoms with Crippen LogP contribution in [0.5, 0.6) is 0 Å². The third-order valence-electron chi connectivity index (χ3n) is 5.66. The fraction of sp³-hybridized carbons (Fsp3) is 0.875. The molecule has 1 N–H and O–H groups in total. The molecule has 26 heavy (non-hydrogen) atoms. The zero-order valence-corrected chi connectivity index (χ0v) is 15.1. The van der Waals surface area contributed by atoms with Crippen LogP contribution < -0.4 is 5.32 Å². The Hall–Kier alpha value is -1.32. The Morgan fingerprint density at radius 2 is 1.92 bits per heavy atom. The highest BCUT2D eigenvalue weighted by atomic mass is 32.2. The van der Waals surface area contributed by atoms with E-state index in [0.717, 1.165) is 0 Å². The number of carbonyl (C=O) groups excluding carboxylic acids is 2. The zero-order valence-electron chi connectivity index (χ0n) is 14.3. The van der Waals surface area contributed by atoms with Crippen LogP contribution >= 0.6 is 0 Å². The number of carbonyl (C=O) groups is 2. The maximum Gasteiger partial charge on any atom is 0.391 e. The summed E-state index contributed by atoms with van der Waals surface area (Å²) in [5.74, 6) is -2.73. The summed E-state index contributed by atoms with van der Waals surface area (Å²) in [5, 5.41) is 2.67. The van der Waals surface area contributed by atoms with E-state index in [2.05, 4.69) is 5.32 Å². The molecule has 1 aliphatic carbocycles. The number of rotatable bonds is 3. The zero-order chi connectivity index (χ0) is 19.1. The van der Waals surface area contributed by atoms with Crippen LogP contribution in [-0.2, 0) is 19.4 Å². The smallest absolute Gasteiger partial charge is 0.353 e. The van der Waals surface area contributed by atoms with Gasteiger partial charge >= 0.3 is 6.18 Å². The van der Waals surface area contributed by atoms with Crippen molar-refractivity contribution in [2.24, 2.45) is 11.8 Å². The number of alkyl halides is 3. The van der Waals surface area contributed by atoms with Gasteiger partial charge in [-0.2, -0.15) is 13.2 Å². The van der Waals surface area contributed by atoms with Gasteiger partial charge in [0.05, 0.1) is 23.3 Å². The number of hydrogen-bond acceptors (Lipinski definition) is 4. The lowest BCUT2D eigenvalue weighted by Gasteiger charge is -2.31. The van der Waals surface area contributed by atoms with Crippen molar-refractivity contribution in [1.82, 2.24) is 10.2 Å². The molecule has 4 atom stereocenters. The molecule has 0 aromatic carbocycles. The molecule has 0 bridgehead atoms. The highest BCUT2D eigenvalue weighted by molar-refractivity contribution is 7.91. The van der Waals surface area contributed by atoms with Gasteiger partial charge in [-0.05, 0) is 25.7 Å². The van der Waals surface area contributed by atoms with Gasteiger partial charge in [0.1, 0.15) is 0 Å². The largest absolute Gasteiger partial charge is 0.391 e. The second kappa shape index (κ2) is 7.01. The minimum Gasteiger partial charge on any atom is -0.353 e. The Balaban J connectivity index is 1.55. The van der Waals surface area contributed by atoms with Crippen molar-refractivity contribution in [3.63, 3.8) is 0 Å². The maximum absolute atomic E-state index is 12.9. The van der Waals surface area contributed by atoms with Crippen LogP contribution in [0.3, 0.4) is 0 Å². The van der Waals surface area contributed by atoms with Crippen LogP contribution in [0.2, 0.25) is 0 Å². The van der Waals surface area contributed by atoms with Gasteiger partial charge in [-0.15, -0.1) is 0 Å². The number of likely N-dealkylation sites (tertiary alicyclic amines) is 1. The minimum absolute atomic E-state index is 0.0161. The fourth-order valence-electron chi connectivity index (χ4n) is 4.22. The van der Waals surface area contributed by atoms with E-state index in [4.69, 9.17) is 0 Å². The van der Waals surface area contributed by atoms with E-state index in [-0.39, 0.29) is 43.2 Å². The summed E-state index contributed by atoms with van der Waals surface area (Å²) in [5.41, 5.74) is 0. The first-order valence-electron chi connectivity index (χ1n) is 8.92. The molecule has 3 fully saturated rings. The second-order valence-electron chi connectivity index (χ2n) is 7.61. The predicted octanol–water partition coefficient (Wildman–Crippen LogP) is 1.26. The van der Waals surface area contributed by atoms with Crippen molar-refractivity contribution in [2.45, 2.75) is 56.8 Å². The van der Waals surface area contributed by atoms with Gasteiger partial charge < -0.3 is 10.2 Å². The first-order chi connectivity index (χ1) is 12.0.